The summed E-state index contributed by atoms with van der Waals surface area (Å²) in [6, 6.07) is 9.14. The number of rotatable bonds is 8. The summed E-state index contributed by atoms with van der Waals surface area (Å²) in [6.45, 7) is 18.8. The van der Waals surface area contributed by atoms with Crippen molar-refractivity contribution in [3.63, 3.8) is 0 Å². The summed E-state index contributed by atoms with van der Waals surface area (Å²) in [5.41, 5.74) is 20.0. The Kier molecular flexibility index (Phi) is 9.91. The van der Waals surface area contributed by atoms with Gasteiger partial charge in [0.15, 0.2) is 0 Å². The highest BCUT2D eigenvalue weighted by Crippen LogP contribution is 2.38. The summed E-state index contributed by atoms with van der Waals surface area (Å²) in [5, 5.41) is 0. The van der Waals surface area contributed by atoms with E-state index in [4.69, 9.17) is 0 Å². The summed E-state index contributed by atoms with van der Waals surface area (Å²) in [4.78, 5) is 0. The van der Waals surface area contributed by atoms with Crippen molar-refractivity contribution in [2.75, 3.05) is 0 Å². The Labute approximate surface area is 224 Å². The van der Waals surface area contributed by atoms with Crippen LogP contribution in [0.4, 0.5) is 0 Å². The van der Waals surface area contributed by atoms with Gasteiger partial charge in [0.05, 0.1) is 0 Å². The van der Waals surface area contributed by atoms with Crippen molar-refractivity contribution < 1.29 is 0 Å². The van der Waals surface area contributed by atoms with E-state index in [0.29, 0.717) is 0 Å². The first kappa shape index (κ1) is 28.6. The van der Waals surface area contributed by atoms with Gasteiger partial charge in [0.2, 0.25) is 0 Å². The second kappa shape index (κ2) is 12.5. The lowest BCUT2D eigenvalue weighted by Gasteiger charge is -2.30. The van der Waals surface area contributed by atoms with Gasteiger partial charge >= 0.3 is 0 Å². The third kappa shape index (κ3) is 7.74. The van der Waals surface area contributed by atoms with E-state index in [1.54, 1.807) is 33.4 Å². The highest BCUT2D eigenvalue weighted by molar-refractivity contribution is 6.84. The topological polar surface area (TPSA) is 0 Å². The third-order valence-corrected chi connectivity index (χ3v) is 8.91. The summed E-state index contributed by atoms with van der Waals surface area (Å²) in [6.07, 6.45) is 11.2. The van der Waals surface area contributed by atoms with Crippen molar-refractivity contribution in [1.82, 2.24) is 0 Å². The van der Waals surface area contributed by atoms with E-state index in [2.05, 4.69) is 100 Å². The van der Waals surface area contributed by atoms with Crippen LogP contribution in [0.25, 0.3) is 0 Å². The van der Waals surface area contributed by atoms with E-state index in [9.17, 15) is 0 Å². The normalized spacial score (nSPS) is 12.7. The Hall–Kier alpha value is -2.01. The minimum absolute atomic E-state index is 0.890. The Morgan fingerprint density at radius 1 is 0.611 bits per heavy atom. The van der Waals surface area contributed by atoms with Crippen molar-refractivity contribution in [1.29, 1.82) is 0 Å². The number of unbranched alkanes of at least 4 members (excludes halogenated alkanes) is 2. The molecule has 0 heterocycles. The maximum Gasteiger partial charge on any atom is 0.129 e. The summed E-state index contributed by atoms with van der Waals surface area (Å²) < 4.78 is 0. The minimum atomic E-state index is -1.42. The predicted octanol–water partition coefficient (Wildman–Crippen LogP) is 8.71. The van der Waals surface area contributed by atoms with Gasteiger partial charge in [0, 0.05) is 12.8 Å². The predicted molar refractivity (Wildman–Crippen MR) is 165 cm³/mol. The molecule has 192 valence electrons. The molecule has 0 aliphatic heterocycles. The molecule has 0 aromatic heterocycles. The summed E-state index contributed by atoms with van der Waals surface area (Å²) in [5.74, 6) is 7.37. The first-order valence-electron chi connectivity index (χ1n) is 14.3. The van der Waals surface area contributed by atoms with Crippen molar-refractivity contribution in [3.05, 3.63) is 68.8 Å². The average Bonchev–Trinajstić information content (AvgIpc) is 2.80. The van der Waals surface area contributed by atoms with E-state index in [0.717, 1.165) is 25.7 Å². The molecule has 0 atom stereocenters. The number of hydrogen-bond donors (Lipinski definition) is 0. The number of hydrogen-bond acceptors (Lipinski definition) is 0. The van der Waals surface area contributed by atoms with Gasteiger partial charge in [0.1, 0.15) is 16.1 Å². The average molecular weight is 513 g/mol. The fourth-order valence-corrected chi connectivity index (χ4v) is 6.57. The fourth-order valence-electron chi connectivity index (χ4n) is 5.34. The second-order valence-electron chi connectivity index (χ2n) is 12.7. The van der Waals surface area contributed by atoms with Gasteiger partial charge in [-0.3, -0.25) is 0 Å². The first-order valence-corrected chi connectivity index (χ1v) is 21.3. The molecule has 2 heteroatoms. The van der Waals surface area contributed by atoms with Crippen LogP contribution < -0.4 is 0 Å². The molecule has 0 spiro atoms. The quantitative estimate of drug-likeness (QED) is 0.209. The van der Waals surface area contributed by atoms with Crippen molar-refractivity contribution in [3.8, 4) is 22.9 Å². The Balaban J connectivity index is 2.28. The minimum Gasteiger partial charge on any atom is -0.132 e. The molecule has 0 fully saturated rings. The maximum atomic E-state index is 3.69. The van der Waals surface area contributed by atoms with Crippen LogP contribution in [0.3, 0.4) is 0 Å². The molecular formula is C34H48Si2. The highest BCUT2D eigenvalue weighted by atomic mass is 28.3. The lowest BCUT2D eigenvalue weighted by molar-refractivity contribution is 0.752. The molecular weight excluding hydrogens is 465 g/mol. The van der Waals surface area contributed by atoms with Crippen LogP contribution in [0.2, 0.25) is 39.3 Å². The molecule has 1 aliphatic rings. The Morgan fingerprint density at radius 3 is 1.33 bits per heavy atom. The van der Waals surface area contributed by atoms with Crippen molar-refractivity contribution >= 4 is 16.1 Å². The van der Waals surface area contributed by atoms with E-state index in [-0.39, 0.29) is 0 Å². The van der Waals surface area contributed by atoms with Crippen LogP contribution in [0.15, 0.2) is 24.3 Å². The summed E-state index contributed by atoms with van der Waals surface area (Å²) in [7, 11) is -2.83. The van der Waals surface area contributed by atoms with E-state index in [1.165, 1.54) is 49.7 Å². The zero-order valence-electron chi connectivity index (χ0n) is 24.4. The third-order valence-electron chi connectivity index (χ3n) is 7.06. The maximum absolute atomic E-state index is 3.69. The summed E-state index contributed by atoms with van der Waals surface area (Å²) >= 11 is 0. The lowest BCUT2D eigenvalue weighted by atomic mass is 9.74. The monoisotopic (exact) mass is 512 g/mol. The molecule has 1 aliphatic carbocycles. The van der Waals surface area contributed by atoms with Crippen LogP contribution in [-0.2, 0) is 38.5 Å². The molecule has 2 aromatic rings. The van der Waals surface area contributed by atoms with Gasteiger partial charge in [-0.15, -0.1) is 22.9 Å². The molecule has 2 aromatic carbocycles. The molecule has 0 bridgehead atoms. The SMILES string of the molecule is CCCCc1c(CC#C[Si](C)(C)C)c(CC#C[Si](C)(C)C)c(CCCC)c2c1Cc1ccccc1C2. The van der Waals surface area contributed by atoms with Crippen molar-refractivity contribution in [2.24, 2.45) is 0 Å². The molecule has 0 saturated heterocycles. The smallest absolute Gasteiger partial charge is 0.129 e. The zero-order valence-corrected chi connectivity index (χ0v) is 26.4. The van der Waals surface area contributed by atoms with Crippen LogP contribution in [0, 0.1) is 22.9 Å². The van der Waals surface area contributed by atoms with Crippen LogP contribution in [-0.4, -0.2) is 16.1 Å². The Bertz CT molecular complexity index is 1090. The van der Waals surface area contributed by atoms with Gasteiger partial charge in [0.25, 0.3) is 0 Å². The van der Waals surface area contributed by atoms with Gasteiger partial charge < -0.3 is 0 Å². The molecule has 36 heavy (non-hydrogen) atoms. The fraction of sp³-hybridized carbons (Fsp3) is 0.529. The highest BCUT2D eigenvalue weighted by Gasteiger charge is 2.26. The first-order chi connectivity index (χ1) is 17.0. The standard InChI is InChI=1S/C34H48Si2/c1-9-11-19-31-29(21-15-23-35(3,4)5)30(22-16-24-36(6,7)8)32(20-12-10-2)34-26-28-18-14-13-17-27(28)25-33(31)34/h13-14,17-18H,9-12,19-22,25-26H2,1-8H3. The molecule has 0 radical (unpaired) electrons. The molecule has 3 rings (SSSR count). The lowest BCUT2D eigenvalue weighted by Crippen LogP contribution is -2.19. The van der Waals surface area contributed by atoms with E-state index in [1.807, 2.05) is 0 Å². The van der Waals surface area contributed by atoms with Gasteiger partial charge in [-0.1, -0.05) is 90.2 Å². The number of benzene rings is 2. The second-order valence-corrected chi connectivity index (χ2v) is 22.2. The molecule has 0 unspecified atom stereocenters. The van der Waals surface area contributed by atoms with Gasteiger partial charge in [-0.05, 0) is 83.0 Å². The molecule has 0 saturated carbocycles. The Morgan fingerprint density at radius 2 is 1.00 bits per heavy atom. The largest absolute Gasteiger partial charge is 0.132 e. The van der Waals surface area contributed by atoms with Crippen LogP contribution in [0.1, 0.15) is 84.0 Å². The van der Waals surface area contributed by atoms with E-state index < -0.39 is 16.1 Å². The van der Waals surface area contributed by atoms with Crippen LogP contribution in [0.5, 0.6) is 0 Å². The van der Waals surface area contributed by atoms with Gasteiger partial charge in [-0.25, -0.2) is 0 Å². The molecule has 0 N–H and O–H groups in total. The van der Waals surface area contributed by atoms with E-state index >= 15 is 0 Å². The molecule has 0 amide bonds. The zero-order chi connectivity index (χ0) is 26.3. The van der Waals surface area contributed by atoms with Crippen LogP contribution >= 0.6 is 0 Å². The molecule has 0 nitrogen and oxygen atoms in total. The van der Waals surface area contributed by atoms with Gasteiger partial charge in [-0.2, -0.15) is 0 Å². The van der Waals surface area contributed by atoms with Crippen molar-refractivity contribution in [2.45, 2.75) is 117 Å². The number of fused-ring (bicyclic) bond motifs is 2.